The molecule has 0 amide bonds. The van der Waals surface area contributed by atoms with Gasteiger partial charge in [-0.2, -0.15) is 0 Å². The lowest BCUT2D eigenvalue weighted by molar-refractivity contribution is -0.142. The number of ether oxygens (including phenoxy) is 1. The summed E-state index contributed by atoms with van der Waals surface area (Å²) in [4.78, 5) is 15.5. The van der Waals surface area contributed by atoms with Gasteiger partial charge in [0.2, 0.25) is 0 Å². The van der Waals surface area contributed by atoms with Crippen LogP contribution in [0.4, 0.5) is 0 Å². The molecule has 0 spiro atoms. The number of carbonyl (C=O) groups is 1. The maximum Gasteiger partial charge on any atom is 0.305 e. The second-order valence-electron chi connectivity index (χ2n) is 4.63. The standard InChI is InChI=1S/C15H29NO2/c1-4-7-8-11-14(10-5-2)16-12-9-13-18-15(17)6-3/h12,14H,4-11,13H2,1-3H3. The summed E-state index contributed by atoms with van der Waals surface area (Å²) in [5, 5.41) is 0. The lowest BCUT2D eigenvalue weighted by Gasteiger charge is -2.10. The number of nitrogens with zero attached hydrogens (tertiary/aromatic N) is 1. The normalized spacial score (nSPS) is 12.8. The Kier molecular flexibility index (Phi) is 12.0. The largest absolute Gasteiger partial charge is 0.465 e. The first-order valence-electron chi connectivity index (χ1n) is 7.41. The summed E-state index contributed by atoms with van der Waals surface area (Å²) >= 11 is 0. The van der Waals surface area contributed by atoms with E-state index in [0.29, 0.717) is 19.1 Å². The Labute approximate surface area is 112 Å². The summed E-state index contributed by atoms with van der Waals surface area (Å²) in [6.45, 7) is 6.69. The third-order valence-corrected chi connectivity index (χ3v) is 2.88. The molecule has 106 valence electrons. The van der Waals surface area contributed by atoms with Gasteiger partial charge in [-0.15, -0.1) is 0 Å². The number of esters is 1. The Morgan fingerprint density at radius 3 is 2.56 bits per heavy atom. The smallest absolute Gasteiger partial charge is 0.305 e. The Bertz CT molecular complexity index is 227. The van der Waals surface area contributed by atoms with Gasteiger partial charge < -0.3 is 4.74 Å². The molecule has 1 atom stereocenters. The molecule has 0 N–H and O–H groups in total. The molecule has 0 aromatic heterocycles. The Balaban J connectivity index is 3.74. The van der Waals surface area contributed by atoms with Crippen LogP contribution in [-0.2, 0) is 9.53 Å². The van der Waals surface area contributed by atoms with Crippen LogP contribution in [0.25, 0.3) is 0 Å². The zero-order chi connectivity index (χ0) is 13.6. The number of rotatable bonds is 11. The molecular formula is C15H29NO2. The van der Waals surface area contributed by atoms with Crippen LogP contribution in [0.15, 0.2) is 4.99 Å². The van der Waals surface area contributed by atoms with Gasteiger partial charge >= 0.3 is 5.97 Å². The van der Waals surface area contributed by atoms with Gasteiger partial charge in [0, 0.05) is 25.1 Å². The van der Waals surface area contributed by atoms with E-state index in [0.717, 1.165) is 12.8 Å². The summed E-state index contributed by atoms with van der Waals surface area (Å²) < 4.78 is 5.00. The molecule has 0 bridgehead atoms. The Morgan fingerprint density at radius 1 is 1.17 bits per heavy atom. The van der Waals surface area contributed by atoms with Crippen molar-refractivity contribution in [1.82, 2.24) is 0 Å². The van der Waals surface area contributed by atoms with Crippen molar-refractivity contribution >= 4 is 12.2 Å². The Morgan fingerprint density at radius 2 is 1.94 bits per heavy atom. The minimum Gasteiger partial charge on any atom is -0.465 e. The van der Waals surface area contributed by atoms with Crippen LogP contribution in [0.5, 0.6) is 0 Å². The summed E-state index contributed by atoms with van der Waals surface area (Å²) in [7, 11) is 0. The number of aliphatic imine (C=N–C) groups is 1. The molecular weight excluding hydrogens is 226 g/mol. The molecule has 0 aliphatic carbocycles. The first-order chi connectivity index (χ1) is 8.74. The SMILES string of the molecule is CCCCCC(CCC)N=CCCOC(=O)CC. The predicted octanol–water partition coefficient (Wildman–Crippen LogP) is 4.15. The van der Waals surface area contributed by atoms with E-state index in [-0.39, 0.29) is 5.97 Å². The van der Waals surface area contributed by atoms with E-state index in [9.17, 15) is 4.79 Å². The van der Waals surface area contributed by atoms with Crippen LogP contribution in [0.2, 0.25) is 0 Å². The number of hydrogen-bond acceptors (Lipinski definition) is 3. The number of carbonyl (C=O) groups excluding carboxylic acids is 1. The molecule has 0 radical (unpaired) electrons. The van der Waals surface area contributed by atoms with Crippen LogP contribution >= 0.6 is 0 Å². The van der Waals surface area contributed by atoms with Crippen LogP contribution in [-0.4, -0.2) is 24.8 Å². The van der Waals surface area contributed by atoms with Gasteiger partial charge in [-0.1, -0.05) is 46.5 Å². The van der Waals surface area contributed by atoms with Gasteiger partial charge in [0.05, 0.1) is 6.61 Å². The van der Waals surface area contributed by atoms with Gasteiger partial charge in [-0.25, -0.2) is 0 Å². The fourth-order valence-electron chi connectivity index (χ4n) is 1.81. The minimum atomic E-state index is -0.128. The first-order valence-corrected chi connectivity index (χ1v) is 7.41. The van der Waals surface area contributed by atoms with E-state index in [2.05, 4.69) is 18.8 Å². The molecule has 3 heteroatoms. The molecule has 0 rings (SSSR count). The zero-order valence-electron chi connectivity index (χ0n) is 12.3. The van der Waals surface area contributed by atoms with Gasteiger partial charge in [-0.05, 0) is 12.8 Å². The Hall–Kier alpha value is -0.860. The van der Waals surface area contributed by atoms with Crippen molar-refractivity contribution in [2.24, 2.45) is 4.99 Å². The zero-order valence-corrected chi connectivity index (χ0v) is 12.3. The summed E-state index contributed by atoms with van der Waals surface area (Å²) in [6.07, 6.45) is 10.5. The fraction of sp³-hybridized carbons (Fsp3) is 0.867. The highest BCUT2D eigenvalue weighted by atomic mass is 16.5. The molecule has 1 unspecified atom stereocenters. The summed E-state index contributed by atoms with van der Waals surface area (Å²) in [6, 6.07) is 0.462. The minimum absolute atomic E-state index is 0.128. The van der Waals surface area contributed by atoms with Crippen LogP contribution in [0, 0.1) is 0 Å². The predicted molar refractivity (Wildman–Crippen MR) is 77.2 cm³/mol. The molecule has 0 aromatic carbocycles. The monoisotopic (exact) mass is 255 g/mol. The highest BCUT2D eigenvalue weighted by molar-refractivity contribution is 5.69. The average molecular weight is 255 g/mol. The molecule has 0 aromatic rings. The van der Waals surface area contributed by atoms with Crippen molar-refractivity contribution in [3.63, 3.8) is 0 Å². The lowest BCUT2D eigenvalue weighted by Crippen LogP contribution is -2.07. The van der Waals surface area contributed by atoms with E-state index in [4.69, 9.17) is 4.74 Å². The van der Waals surface area contributed by atoms with E-state index >= 15 is 0 Å². The first kappa shape index (κ1) is 17.1. The highest BCUT2D eigenvalue weighted by Gasteiger charge is 2.04. The third-order valence-electron chi connectivity index (χ3n) is 2.88. The van der Waals surface area contributed by atoms with Gasteiger partial charge in [-0.3, -0.25) is 9.79 Å². The van der Waals surface area contributed by atoms with E-state index in [1.807, 2.05) is 6.21 Å². The average Bonchev–Trinajstić information content (AvgIpc) is 2.38. The van der Waals surface area contributed by atoms with Gasteiger partial charge in [0.1, 0.15) is 0 Å². The second-order valence-corrected chi connectivity index (χ2v) is 4.63. The van der Waals surface area contributed by atoms with Gasteiger partial charge in [0.15, 0.2) is 0 Å². The topological polar surface area (TPSA) is 38.7 Å². The fourth-order valence-corrected chi connectivity index (χ4v) is 1.81. The molecule has 0 fully saturated rings. The summed E-state index contributed by atoms with van der Waals surface area (Å²) in [5.74, 6) is -0.128. The van der Waals surface area contributed by atoms with Crippen LogP contribution in [0.1, 0.15) is 72.1 Å². The van der Waals surface area contributed by atoms with Gasteiger partial charge in [0.25, 0.3) is 0 Å². The summed E-state index contributed by atoms with van der Waals surface area (Å²) in [5.41, 5.74) is 0. The molecule has 3 nitrogen and oxygen atoms in total. The second kappa shape index (κ2) is 12.6. The van der Waals surface area contributed by atoms with E-state index in [1.54, 1.807) is 6.92 Å². The number of hydrogen-bond donors (Lipinski definition) is 0. The molecule has 18 heavy (non-hydrogen) atoms. The van der Waals surface area contributed by atoms with E-state index in [1.165, 1.54) is 32.1 Å². The molecule has 0 saturated heterocycles. The van der Waals surface area contributed by atoms with Crippen molar-refractivity contribution < 1.29 is 9.53 Å². The molecule has 0 aliphatic rings. The third kappa shape index (κ3) is 10.3. The van der Waals surface area contributed by atoms with Crippen molar-refractivity contribution in [3.8, 4) is 0 Å². The lowest BCUT2D eigenvalue weighted by atomic mass is 10.0. The molecule has 0 heterocycles. The van der Waals surface area contributed by atoms with Crippen molar-refractivity contribution in [2.45, 2.75) is 78.2 Å². The van der Waals surface area contributed by atoms with Crippen LogP contribution in [0.3, 0.4) is 0 Å². The number of unbranched alkanes of at least 4 members (excludes halogenated alkanes) is 2. The quantitative estimate of drug-likeness (QED) is 0.316. The van der Waals surface area contributed by atoms with E-state index < -0.39 is 0 Å². The maximum atomic E-state index is 10.9. The highest BCUT2D eigenvalue weighted by Crippen LogP contribution is 2.11. The molecule has 0 saturated carbocycles. The van der Waals surface area contributed by atoms with Crippen LogP contribution < -0.4 is 0 Å². The maximum absolute atomic E-state index is 10.9. The van der Waals surface area contributed by atoms with Crippen molar-refractivity contribution in [2.75, 3.05) is 6.61 Å². The van der Waals surface area contributed by atoms with Crippen molar-refractivity contribution in [1.29, 1.82) is 0 Å². The van der Waals surface area contributed by atoms with Crippen molar-refractivity contribution in [3.05, 3.63) is 0 Å². The molecule has 0 aliphatic heterocycles.